The fourth-order valence-electron chi connectivity index (χ4n) is 2.78. The van der Waals surface area contributed by atoms with Crippen LogP contribution in [-0.4, -0.2) is 35.5 Å². The Morgan fingerprint density at radius 3 is 2.63 bits per heavy atom. The van der Waals surface area contributed by atoms with Crippen molar-refractivity contribution in [2.75, 3.05) is 7.11 Å². The fraction of sp³-hybridized carbons (Fsp3) is 0.429. The number of hydrogen-bond donors (Lipinski definition) is 0. The molecule has 0 radical (unpaired) electrons. The van der Waals surface area contributed by atoms with Gasteiger partial charge in [-0.25, -0.2) is 4.79 Å². The van der Waals surface area contributed by atoms with Gasteiger partial charge in [-0.2, -0.15) is 0 Å². The van der Waals surface area contributed by atoms with Crippen LogP contribution in [0.15, 0.2) is 24.3 Å². The first-order valence-corrected chi connectivity index (χ1v) is 6.19. The minimum absolute atomic E-state index is 0.0332. The number of nitrogens with zero attached hydrogens (tertiary/aromatic N) is 1. The van der Waals surface area contributed by atoms with Gasteiger partial charge in [-0.05, 0) is 24.6 Å². The van der Waals surface area contributed by atoms with E-state index in [1.807, 2.05) is 31.2 Å². The highest BCUT2D eigenvalue weighted by Gasteiger charge is 2.63. The van der Waals surface area contributed by atoms with Gasteiger partial charge in [0.2, 0.25) is 5.91 Å². The third kappa shape index (κ3) is 1.77. The summed E-state index contributed by atoms with van der Waals surface area (Å²) in [6.45, 7) is 2.24. The Kier molecular flexibility index (Phi) is 2.52. The zero-order valence-electron chi connectivity index (χ0n) is 10.9. The predicted octanol–water partition coefficient (Wildman–Crippen LogP) is 1.11. The monoisotopic (exact) mass is 261 g/mol. The van der Waals surface area contributed by atoms with Crippen LogP contribution in [0.1, 0.15) is 18.9 Å². The van der Waals surface area contributed by atoms with E-state index >= 15 is 0 Å². The molecule has 2 heterocycles. The molecule has 2 fully saturated rings. The van der Waals surface area contributed by atoms with Crippen molar-refractivity contribution in [3.8, 4) is 5.75 Å². The van der Waals surface area contributed by atoms with Gasteiger partial charge in [0.1, 0.15) is 11.4 Å². The second-order valence-electron chi connectivity index (χ2n) is 5.18. The molecule has 5 nitrogen and oxygen atoms in total. The standard InChI is InChI=1S/C14H15NO4/c1-14-7-11(16)15(12(14)13(17)19-14)8-9-3-5-10(18-2)6-4-9/h3-6,12H,7-8H2,1-2H3. The van der Waals surface area contributed by atoms with Crippen LogP contribution in [0.5, 0.6) is 5.75 Å². The van der Waals surface area contributed by atoms with Gasteiger partial charge in [-0.15, -0.1) is 0 Å². The second kappa shape index (κ2) is 3.98. The molecule has 0 N–H and O–H groups in total. The lowest BCUT2D eigenvalue weighted by Gasteiger charge is -2.41. The smallest absolute Gasteiger partial charge is 0.333 e. The van der Waals surface area contributed by atoms with Crippen molar-refractivity contribution in [2.45, 2.75) is 31.5 Å². The Hall–Kier alpha value is -2.04. The van der Waals surface area contributed by atoms with Crippen LogP contribution in [-0.2, 0) is 20.9 Å². The highest BCUT2D eigenvalue weighted by Crippen LogP contribution is 2.42. The van der Waals surface area contributed by atoms with Gasteiger partial charge in [-0.3, -0.25) is 4.79 Å². The third-order valence-corrected chi connectivity index (χ3v) is 3.78. The van der Waals surface area contributed by atoms with E-state index in [1.165, 1.54) is 0 Å². The highest BCUT2D eigenvalue weighted by molar-refractivity contribution is 5.95. The molecule has 1 aromatic carbocycles. The summed E-state index contributed by atoms with van der Waals surface area (Å²) in [5.41, 5.74) is 0.346. The SMILES string of the molecule is COc1ccc(CN2C(=O)CC3(C)OC(=O)C23)cc1. The zero-order valence-corrected chi connectivity index (χ0v) is 10.9. The lowest BCUT2D eigenvalue weighted by Crippen LogP contribution is -2.61. The summed E-state index contributed by atoms with van der Waals surface area (Å²) in [6.07, 6.45) is 0.277. The Bertz CT molecular complexity index is 539. The van der Waals surface area contributed by atoms with Crippen LogP contribution in [0.4, 0.5) is 0 Å². The van der Waals surface area contributed by atoms with Gasteiger partial charge >= 0.3 is 5.97 Å². The molecule has 1 amide bonds. The summed E-state index contributed by atoms with van der Waals surface area (Å²) >= 11 is 0. The number of likely N-dealkylation sites (tertiary alicyclic amines) is 1. The number of hydrogen-bond acceptors (Lipinski definition) is 4. The number of methoxy groups -OCH3 is 1. The first-order valence-electron chi connectivity index (χ1n) is 6.19. The van der Waals surface area contributed by atoms with Crippen molar-refractivity contribution >= 4 is 11.9 Å². The number of amides is 1. The van der Waals surface area contributed by atoms with Crippen LogP contribution in [0.3, 0.4) is 0 Å². The van der Waals surface area contributed by atoms with E-state index < -0.39 is 11.6 Å². The Balaban J connectivity index is 1.79. The molecule has 100 valence electrons. The molecule has 1 aromatic rings. The number of esters is 1. The predicted molar refractivity (Wildman–Crippen MR) is 66.4 cm³/mol. The number of carbonyl (C=O) groups excluding carboxylic acids is 2. The Morgan fingerprint density at radius 2 is 2.05 bits per heavy atom. The molecule has 0 aliphatic carbocycles. The summed E-state index contributed by atoms with van der Waals surface area (Å²) in [4.78, 5) is 25.1. The second-order valence-corrected chi connectivity index (χ2v) is 5.18. The molecule has 2 aliphatic rings. The molecular weight excluding hydrogens is 246 g/mol. The average molecular weight is 261 g/mol. The van der Waals surface area contributed by atoms with E-state index in [-0.39, 0.29) is 18.3 Å². The molecule has 0 saturated carbocycles. The van der Waals surface area contributed by atoms with Crippen LogP contribution >= 0.6 is 0 Å². The van der Waals surface area contributed by atoms with E-state index in [2.05, 4.69) is 0 Å². The van der Waals surface area contributed by atoms with Crippen molar-refractivity contribution in [1.29, 1.82) is 0 Å². The number of benzene rings is 1. The quantitative estimate of drug-likeness (QED) is 0.765. The number of carbonyl (C=O) groups is 2. The summed E-state index contributed by atoms with van der Waals surface area (Å²) < 4.78 is 10.2. The summed E-state index contributed by atoms with van der Waals surface area (Å²) in [7, 11) is 1.61. The average Bonchev–Trinajstić information content (AvgIpc) is 2.56. The molecule has 5 heteroatoms. The van der Waals surface area contributed by atoms with Gasteiger partial charge in [0.25, 0.3) is 0 Å². The molecule has 2 unspecified atom stereocenters. The Morgan fingerprint density at radius 1 is 1.37 bits per heavy atom. The summed E-state index contributed by atoms with van der Waals surface area (Å²) in [5, 5.41) is 0. The molecule has 0 aromatic heterocycles. The molecule has 2 saturated heterocycles. The normalized spacial score (nSPS) is 28.7. The van der Waals surface area contributed by atoms with Crippen molar-refractivity contribution in [3.05, 3.63) is 29.8 Å². The summed E-state index contributed by atoms with van der Waals surface area (Å²) in [5.74, 6) is 0.431. The molecule has 3 rings (SSSR count). The lowest BCUT2D eigenvalue weighted by atomic mass is 9.91. The van der Waals surface area contributed by atoms with E-state index in [9.17, 15) is 9.59 Å². The first kappa shape index (κ1) is 12.0. The minimum atomic E-state index is -0.624. The molecule has 0 spiro atoms. The summed E-state index contributed by atoms with van der Waals surface area (Å²) in [6, 6.07) is 7.04. The van der Waals surface area contributed by atoms with Crippen LogP contribution < -0.4 is 4.74 Å². The van der Waals surface area contributed by atoms with Crippen LogP contribution in [0, 0.1) is 0 Å². The van der Waals surface area contributed by atoms with Crippen molar-refractivity contribution in [1.82, 2.24) is 4.90 Å². The maximum Gasteiger partial charge on any atom is 0.333 e. The number of fused-ring (bicyclic) bond motifs is 1. The lowest BCUT2D eigenvalue weighted by molar-refractivity contribution is -0.199. The van der Waals surface area contributed by atoms with Gasteiger partial charge in [0.05, 0.1) is 13.5 Å². The van der Waals surface area contributed by atoms with Crippen LogP contribution in [0.25, 0.3) is 0 Å². The third-order valence-electron chi connectivity index (χ3n) is 3.78. The molecule has 2 atom stereocenters. The van der Waals surface area contributed by atoms with E-state index in [0.717, 1.165) is 11.3 Å². The van der Waals surface area contributed by atoms with Crippen LogP contribution in [0.2, 0.25) is 0 Å². The highest BCUT2D eigenvalue weighted by atomic mass is 16.6. The van der Waals surface area contributed by atoms with Gasteiger partial charge in [-0.1, -0.05) is 12.1 Å². The van der Waals surface area contributed by atoms with Gasteiger partial charge in [0, 0.05) is 6.54 Å². The minimum Gasteiger partial charge on any atom is -0.497 e. The van der Waals surface area contributed by atoms with Crippen molar-refractivity contribution in [3.63, 3.8) is 0 Å². The van der Waals surface area contributed by atoms with E-state index in [0.29, 0.717) is 6.54 Å². The molecular formula is C14H15NO4. The number of ether oxygens (including phenoxy) is 2. The maximum atomic E-state index is 12.0. The fourth-order valence-corrected chi connectivity index (χ4v) is 2.78. The largest absolute Gasteiger partial charge is 0.497 e. The maximum absolute atomic E-state index is 12.0. The van der Waals surface area contributed by atoms with Crippen molar-refractivity contribution in [2.24, 2.45) is 0 Å². The van der Waals surface area contributed by atoms with Gasteiger partial charge < -0.3 is 14.4 Å². The van der Waals surface area contributed by atoms with Crippen molar-refractivity contribution < 1.29 is 19.1 Å². The molecule has 2 aliphatic heterocycles. The molecule has 0 bridgehead atoms. The van der Waals surface area contributed by atoms with Gasteiger partial charge in [0.15, 0.2) is 6.04 Å². The first-order chi connectivity index (χ1) is 9.03. The zero-order chi connectivity index (χ0) is 13.6. The number of rotatable bonds is 3. The topological polar surface area (TPSA) is 55.8 Å². The Labute approximate surface area is 111 Å². The van der Waals surface area contributed by atoms with E-state index in [4.69, 9.17) is 9.47 Å². The molecule has 19 heavy (non-hydrogen) atoms. The van der Waals surface area contributed by atoms with E-state index in [1.54, 1.807) is 12.0 Å².